The number of hydrogen-bond donors (Lipinski definition) is 1. The first kappa shape index (κ1) is 16.9. The van der Waals surface area contributed by atoms with Gasteiger partial charge in [-0.25, -0.2) is 4.68 Å². The van der Waals surface area contributed by atoms with E-state index in [0.717, 1.165) is 30.0 Å². The van der Waals surface area contributed by atoms with Gasteiger partial charge in [0.2, 0.25) is 0 Å². The van der Waals surface area contributed by atoms with Crippen molar-refractivity contribution in [3.8, 4) is 0 Å². The van der Waals surface area contributed by atoms with Crippen LogP contribution in [0.3, 0.4) is 0 Å². The van der Waals surface area contributed by atoms with Crippen molar-refractivity contribution < 1.29 is 4.79 Å². The molecule has 2 aliphatic rings. The Morgan fingerprint density at radius 2 is 1.89 bits per heavy atom. The number of carbonyl (C=O) groups is 1. The van der Waals surface area contributed by atoms with E-state index in [1.54, 1.807) is 12.4 Å². The molecule has 1 aliphatic carbocycles. The lowest BCUT2D eigenvalue weighted by Crippen LogP contribution is -2.29. The van der Waals surface area contributed by atoms with Gasteiger partial charge in [-0.15, -0.1) is 5.10 Å². The lowest BCUT2D eigenvalue weighted by molar-refractivity contribution is 0.0788. The van der Waals surface area contributed by atoms with Crippen molar-refractivity contribution in [3.63, 3.8) is 0 Å². The highest BCUT2D eigenvalue weighted by atomic mass is 16.2. The average molecular weight is 374 g/mol. The Kier molecular flexibility index (Phi) is 4.27. The summed E-state index contributed by atoms with van der Waals surface area (Å²) in [6, 6.07) is 11.6. The predicted octanol–water partition coefficient (Wildman–Crippen LogP) is 3.38. The molecule has 3 aromatic rings. The van der Waals surface area contributed by atoms with Crippen LogP contribution in [0.15, 0.2) is 55.0 Å². The van der Waals surface area contributed by atoms with Gasteiger partial charge >= 0.3 is 0 Å². The number of carbonyl (C=O) groups excluding carboxylic acids is 1. The van der Waals surface area contributed by atoms with Crippen LogP contribution in [0.5, 0.6) is 0 Å². The summed E-state index contributed by atoms with van der Waals surface area (Å²) in [5.74, 6) is 0.640. The van der Waals surface area contributed by atoms with Crippen LogP contribution in [0, 0.1) is 0 Å². The van der Waals surface area contributed by atoms with Crippen molar-refractivity contribution in [3.05, 3.63) is 66.2 Å². The third-order valence-electron chi connectivity index (χ3n) is 5.47. The molecule has 3 heterocycles. The molecule has 0 unspecified atom stereocenters. The second kappa shape index (κ2) is 7.07. The van der Waals surface area contributed by atoms with Gasteiger partial charge in [0.15, 0.2) is 0 Å². The summed E-state index contributed by atoms with van der Waals surface area (Å²) in [5.41, 5.74) is 3.48. The minimum Gasteiger partial charge on any atom is -0.355 e. The van der Waals surface area contributed by atoms with Gasteiger partial charge in [0.05, 0.1) is 23.0 Å². The van der Waals surface area contributed by atoms with E-state index in [-0.39, 0.29) is 11.9 Å². The Balaban J connectivity index is 1.31. The molecule has 7 nitrogen and oxygen atoms in total. The fourth-order valence-corrected chi connectivity index (χ4v) is 3.72. The van der Waals surface area contributed by atoms with Crippen LogP contribution in [0.25, 0.3) is 0 Å². The molecule has 142 valence electrons. The second-order valence-electron chi connectivity index (χ2n) is 7.50. The summed E-state index contributed by atoms with van der Waals surface area (Å²) < 4.78 is 1.95. The van der Waals surface area contributed by atoms with Crippen LogP contribution in [0.1, 0.15) is 47.3 Å². The summed E-state index contributed by atoms with van der Waals surface area (Å²) in [5, 5.41) is 11.9. The zero-order valence-electron chi connectivity index (χ0n) is 15.5. The molecule has 1 atom stereocenters. The van der Waals surface area contributed by atoms with Crippen LogP contribution in [-0.4, -0.2) is 43.9 Å². The number of amides is 1. The van der Waals surface area contributed by atoms with E-state index in [1.165, 1.54) is 12.8 Å². The highest BCUT2D eigenvalue weighted by Crippen LogP contribution is 2.39. The monoisotopic (exact) mass is 374 g/mol. The Hall–Kier alpha value is -3.22. The number of pyridine rings is 1. The van der Waals surface area contributed by atoms with Crippen LogP contribution < -0.4 is 5.32 Å². The van der Waals surface area contributed by atoms with E-state index in [1.807, 2.05) is 46.0 Å². The molecule has 2 fully saturated rings. The Morgan fingerprint density at radius 1 is 1.07 bits per heavy atom. The number of likely N-dealkylation sites (tertiary alicyclic amines) is 1. The average Bonchev–Trinajstić information content (AvgIpc) is 3.26. The Bertz CT molecular complexity index is 981. The lowest BCUT2D eigenvalue weighted by Gasteiger charge is -2.19. The van der Waals surface area contributed by atoms with E-state index < -0.39 is 0 Å². The molecule has 2 aromatic heterocycles. The molecule has 28 heavy (non-hydrogen) atoms. The van der Waals surface area contributed by atoms with Gasteiger partial charge in [0.25, 0.3) is 5.91 Å². The quantitative estimate of drug-likeness (QED) is 0.741. The number of anilines is 2. The number of rotatable bonds is 5. The largest absolute Gasteiger partial charge is 0.355 e. The van der Waals surface area contributed by atoms with Gasteiger partial charge in [-0.3, -0.25) is 9.78 Å². The molecule has 1 aromatic carbocycles. The number of nitrogens with zero attached hydrogens (tertiary/aromatic N) is 5. The topological polar surface area (TPSA) is 75.9 Å². The first-order chi connectivity index (χ1) is 13.8. The van der Waals surface area contributed by atoms with Crippen molar-refractivity contribution in [1.82, 2.24) is 24.9 Å². The van der Waals surface area contributed by atoms with Crippen LogP contribution in [0.4, 0.5) is 11.4 Å². The van der Waals surface area contributed by atoms with E-state index in [9.17, 15) is 4.79 Å². The number of benzene rings is 1. The molecule has 0 spiro atoms. The summed E-state index contributed by atoms with van der Waals surface area (Å²) in [4.78, 5) is 19.1. The summed E-state index contributed by atoms with van der Waals surface area (Å²) >= 11 is 0. The highest BCUT2D eigenvalue weighted by molar-refractivity contribution is 6.00. The van der Waals surface area contributed by atoms with Gasteiger partial charge in [-0.1, -0.05) is 17.3 Å². The fraction of sp³-hybridized carbons (Fsp3) is 0.333. The maximum absolute atomic E-state index is 13.2. The molecule has 1 N–H and O–H groups in total. The maximum Gasteiger partial charge on any atom is 0.256 e. The van der Waals surface area contributed by atoms with Gasteiger partial charge in [-0.2, -0.15) is 0 Å². The van der Waals surface area contributed by atoms with Crippen LogP contribution >= 0.6 is 0 Å². The summed E-state index contributed by atoms with van der Waals surface area (Å²) in [6.45, 7) is 1.39. The van der Waals surface area contributed by atoms with Crippen LogP contribution in [-0.2, 0) is 0 Å². The molecule has 1 saturated carbocycles. The zero-order valence-corrected chi connectivity index (χ0v) is 15.5. The summed E-state index contributed by atoms with van der Waals surface area (Å²) in [7, 11) is 0. The van der Waals surface area contributed by atoms with Crippen molar-refractivity contribution in [2.45, 2.75) is 31.2 Å². The minimum atomic E-state index is 0.0437. The number of hydrogen-bond acceptors (Lipinski definition) is 5. The molecular formula is C21H22N6O. The van der Waals surface area contributed by atoms with E-state index in [2.05, 4.69) is 26.8 Å². The molecule has 1 saturated heterocycles. The highest BCUT2D eigenvalue weighted by Gasteiger charge is 2.32. The minimum absolute atomic E-state index is 0.0437. The normalized spacial score (nSPS) is 19.0. The lowest BCUT2D eigenvalue weighted by atomic mass is 10.1. The molecule has 5 rings (SSSR count). The predicted molar refractivity (Wildman–Crippen MR) is 106 cm³/mol. The second-order valence-corrected chi connectivity index (χ2v) is 7.50. The van der Waals surface area contributed by atoms with Gasteiger partial charge < -0.3 is 10.2 Å². The molecule has 7 heteroatoms. The first-order valence-electron chi connectivity index (χ1n) is 9.75. The molecule has 1 aliphatic heterocycles. The van der Waals surface area contributed by atoms with Crippen molar-refractivity contribution in [2.24, 2.45) is 0 Å². The standard InChI is InChI=1S/C21H22N6O/c28-21(18-3-1-2-4-19(18)23-16-7-10-22-11-8-16)26-12-9-17(13-26)27-14-20(24-25-27)15-5-6-15/h1-4,7-8,10-11,14-15,17H,5-6,9,12-13H2,(H,22,23)/t17-/m1/s1. The third-order valence-corrected chi connectivity index (χ3v) is 5.47. The summed E-state index contributed by atoms with van der Waals surface area (Å²) in [6.07, 6.45) is 8.86. The molecule has 0 radical (unpaired) electrons. The van der Waals surface area contributed by atoms with E-state index in [4.69, 9.17) is 0 Å². The third kappa shape index (κ3) is 3.35. The Morgan fingerprint density at radius 3 is 2.71 bits per heavy atom. The van der Waals surface area contributed by atoms with Crippen molar-refractivity contribution in [1.29, 1.82) is 0 Å². The van der Waals surface area contributed by atoms with Crippen LogP contribution in [0.2, 0.25) is 0 Å². The zero-order chi connectivity index (χ0) is 18.9. The number of nitrogens with one attached hydrogen (secondary N) is 1. The fourth-order valence-electron chi connectivity index (χ4n) is 3.72. The first-order valence-corrected chi connectivity index (χ1v) is 9.75. The van der Waals surface area contributed by atoms with E-state index >= 15 is 0 Å². The molecular weight excluding hydrogens is 352 g/mol. The van der Waals surface area contributed by atoms with E-state index in [0.29, 0.717) is 18.0 Å². The maximum atomic E-state index is 13.2. The Labute approximate surface area is 163 Å². The number of para-hydroxylation sites is 1. The smallest absolute Gasteiger partial charge is 0.256 e. The van der Waals surface area contributed by atoms with Gasteiger partial charge in [-0.05, 0) is 43.5 Å². The SMILES string of the molecule is O=C(c1ccccc1Nc1ccncc1)N1CC[C@@H](n2cc(C3CC3)nn2)C1. The van der Waals surface area contributed by atoms with Crippen molar-refractivity contribution >= 4 is 17.3 Å². The molecule has 0 bridgehead atoms. The number of aromatic nitrogens is 4. The van der Waals surface area contributed by atoms with Gasteiger partial charge in [0.1, 0.15) is 0 Å². The van der Waals surface area contributed by atoms with Crippen molar-refractivity contribution in [2.75, 3.05) is 18.4 Å². The van der Waals surface area contributed by atoms with Gasteiger partial charge in [0, 0.05) is 43.3 Å². The molecule has 1 amide bonds.